The Morgan fingerprint density at radius 1 is 1.07 bits per heavy atom. The summed E-state index contributed by atoms with van der Waals surface area (Å²) in [5.41, 5.74) is 6.76. The average molecular weight is 426 g/mol. The molecule has 1 saturated heterocycles. The largest absolute Gasteiger partial charge is 0.497 e. The SMILES string of the molecule is COc1ccc(NS(=O)(=O)c2ccc(C(=O)N3CCC(N)CC3)cc2)cc1.Cl. The predicted molar refractivity (Wildman–Crippen MR) is 111 cm³/mol. The number of piperidine rings is 1. The van der Waals surface area contributed by atoms with Crippen molar-refractivity contribution in [3.8, 4) is 5.75 Å². The molecule has 1 amide bonds. The topological polar surface area (TPSA) is 102 Å². The van der Waals surface area contributed by atoms with E-state index in [-0.39, 0.29) is 29.3 Å². The summed E-state index contributed by atoms with van der Waals surface area (Å²) >= 11 is 0. The molecule has 3 N–H and O–H groups in total. The van der Waals surface area contributed by atoms with Crippen molar-refractivity contribution in [2.75, 3.05) is 24.9 Å². The standard InChI is InChI=1S/C19H23N3O4S.ClH/c1-26-17-6-4-16(5-7-17)21-27(24,25)18-8-2-14(3-9-18)19(23)22-12-10-15(20)11-13-22;/h2-9,15,21H,10-13,20H2,1H3;1H. The molecule has 7 nitrogen and oxygen atoms in total. The summed E-state index contributed by atoms with van der Waals surface area (Å²) in [6.07, 6.45) is 1.56. The Balaban J connectivity index is 0.00000280. The first-order valence-electron chi connectivity index (χ1n) is 8.71. The second-order valence-corrected chi connectivity index (χ2v) is 8.17. The lowest BCUT2D eigenvalue weighted by molar-refractivity contribution is 0.0714. The molecule has 1 aliphatic rings. The van der Waals surface area contributed by atoms with Crippen molar-refractivity contribution >= 4 is 34.0 Å². The summed E-state index contributed by atoms with van der Waals surface area (Å²) in [6.45, 7) is 1.25. The molecule has 152 valence electrons. The van der Waals surface area contributed by atoms with Crippen LogP contribution in [0.25, 0.3) is 0 Å². The number of anilines is 1. The Labute approximate surface area is 171 Å². The molecule has 0 saturated carbocycles. The van der Waals surface area contributed by atoms with Gasteiger partial charge in [0.1, 0.15) is 5.75 Å². The number of hydrogen-bond acceptors (Lipinski definition) is 5. The van der Waals surface area contributed by atoms with Gasteiger partial charge in [-0.15, -0.1) is 12.4 Å². The zero-order valence-corrected chi connectivity index (χ0v) is 17.1. The molecule has 1 aliphatic heterocycles. The molecule has 2 aromatic rings. The highest BCUT2D eigenvalue weighted by Gasteiger charge is 2.22. The Morgan fingerprint density at radius 3 is 2.18 bits per heavy atom. The molecule has 28 heavy (non-hydrogen) atoms. The van der Waals surface area contributed by atoms with Crippen molar-refractivity contribution in [3.63, 3.8) is 0 Å². The quantitative estimate of drug-likeness (QED) is 0.766. The van der Waals surface area contributed by atoms with Crippen molar-refractivity contribution in [2.24, 2.45) is 5.73 Å². The van der Waals surface area contributed by atoms with Crippen LogP contribution in [0.1, 0.15) is 23.2 Å². The number of rotatable bonds is 5. The molecule has 0 bridgehead atoms. The number of methoxy groups -OCH3 is 1. The first-order valence-corrected chi connectivity index (χ1v) is 10.2. The number of likely N-dealkylation sites (tertiary alicyclic amines) is 1. The van der Waals surface area contributed by atoms with Gasteiger partial charge < -0.3 is 15.4 Å². The van der Waals surface area contributed by atoms with Gasteiger partial charge in [-0.25, -0.2) is 8.42 Å². The summed E-state index contributed by atoms with van der Waals surface area (Å²) in [5.74, 6) is 0.536. The number of sulfonamides is 1. The van der Waals surface area contributed by atoms with Gasteiger partial charge in [0.15, 0.2) is 0 Å². The lowest BCUT2D eigenvalue weighted by Gasteiger charge is -2.30. The van der Waals surface area contributed by atoms with Crippen LogP contribution in [-0.4, -0.2) is 45.5 Å². The third kappa shape index (κ3) is 5.15. The highest BCUT2D eigenvalue weighted by atomic mass is 35.5. The maximum absolute atomic E-state index is 12.5. The van der Waals surface area contributed by atoms with E-state index in [0.29, 0.717) is 30.1 Å². The Hall–Kier alpha value is -2.29. The molecule has 0 unspecified atom stereocenters. The predicted octanol–water partition coefficient (Wildman–Crippen LogP) is 2.48. The fourth-order valence-corrected chi connectivity index (χ4v) is 3.99. The van der Waals surface area contributed by atoms with E-state index in [1.165, 1.54) is 12.1 Å². The van der Waals surface area contributed by atoms with Crippen LogP contribution >= 0.6 is 12.4 Å². The van der Waals surface area contributed by atoms with Gasteiger partial charge in [0, 0.05) is 30.4 Å². The third-order valence-electron chi connectivity index (χ3n) is 4.58. The Kier molecular flexibility index (Phi) is 7.29. The molecule has 0 atom stereocenters. The van der Waals surface area contributed by atoms with E-state index >= 15 is 0 Å². The van der Waals surface area contributed by atoms with E-state index in [9.17, 15) is 13.2 Å². The molecule has 0 aliphatic carbocycles. The number of hydrogen-bond donors (Lipinski definition) is 2. The molecular formula is C19H24ClN3O4S. The number of nitrogens with two attached hydrogens (primary N) is 1. The molecule has 1 fully saturated rings. The maximum Gasteiger partial charge on any atom is 0.261 e. The van der Waals surface area contributed by atoms with Gasteiger partial charge >= 0.3 is 0 Å². The fraction of sp³-hybridized carbons (Fsp3) is 0.316. The summed E-state index contributed by atoms with van der Waals surface area (Å²) in [6, 6.07) is 12.7. The fourth-order valence-electron chi connectivity index (χ4n) is 2.93. The molecule has 0 aromatic heterocycles. The third-order valence-corrected chi connectivity index (χ3v) is 5.98. The number of nitrogens with one attached hydrogen (secondary N) is 1. The lowest BCUT2D eigenvalue weighted by Crippen LogP contribution is -2.42. The van der Waals surface area contributed by atoms with Crippen LogP contribution in [0.2, 0.25) is 0 Å². The van der Waals surface area contributed by atoms with Crippen molar-refractivity contribution in [1.29, 1.82) is 0 Å². The number of carbonyl (C=O) groups is 1. The minimum Gasteiger partial charge on any atom is -0.497 e. The molecular weight excluding hydrogens is 402 g/mol. The highest BCUT2D eigenvalue weighted by molar-refractivity contribution is 7.92. The van der Waals surface area contributed by atoms with Crippen LogP contribution in [-0.2, 0) is 10.0 Å². The van der Waals surface area contributed by atoms with Crippen molar-refractivity contribution in [3.05, 3.63) is 54.1 Å². The van der Waals surface area contributed by atoms with E-state index < -0.39 is 10.0 Å². The van der Waals surface area contributed by atoms with Gasteiger partial charge in [0.2, 0.25) is 0 Å². The van der Waals surface area contributed by atoms with Crippen molar-refractivity contribution in [2.45, 2.75) is 23.8 Å². The van der Waals surface area contributed by atoms with E-state index in [1.54, 1.807) is 48.4 Å². The van der Waals surface area contributed by atoms with Crippen LogP contribution < -0.4 is 15.2 Å². The van der Waals surface area contributed by atoms with E-state index in [4.69, 9.17) is 10.5 Å². The number of benzene rings is 2. The first kappa shape index (κ1) is 22.0. The number of amides is 1. The molecule has 3 rings (SSSR count). The van der Waals surface area contributed by atoms with Gasteiger partial charge in [0.05, 0.1) is 12.0 Å². The van der Waals surface area contributed by atoms with E-state index in [0.717, 1.165) is 12.8 Å². The average Bonchev–Trinajstić information content (AvgIpc) is 2.68. The minimum atomic E-state index is -3.74. The van der Waals surface area contributed by atoms with Gasteiger partial charge in [-0.05, 0) is 61.4 Å². The van der Waals surface area contributed by atoms with Gasteiger partial charge in [0.25, 0.3) is 15.9 Å². The minimum absolute atomic E-state index is 0. The smallest absolute Gasteiger partial charge is 0.261 e. The van der Waals surface area contributed by atoms with Crippen LogP contribution in [0.15, 0.2) is 53.4 Å². The summed E-state index contributed by atoms with van der Waals surface area (Å²) in [4.78, 5) is 14.4. The summed E-state index contributed by atoms with van der Waals surface area (Å²) < 4.78 is 32.6. The molecule has 1 heterocycles. The van der Waals surface area contributed by atoms with Crippen LogP contribution in [0, 0.1) is 0 Å². The Morgan fingerprint density at radius 2 is 1.64 bits per heavy atom. The zero-order valence-electron chi connectivity index (χ0n) is 15.5. The number of carbonyl (C=O) groups excluding carboxylic acids is 1. The number of ether oxygens (including phenoxy) is 1. The number of halogens is 1. The second kappa shape index (κ2) is 9.27. The maximum atomic E-state index is 12.5. The molecule has 0 spiro atoms. The molecule has 0 radical (unpaired) electrons. The zero-order chi connectivity index (χ0) is 19.4. The lowest BCUT2D eigenvalue weighted by atomic mass is 10.1. The monoisotopic (exact) mass is 425 g/mol. The summed E-state index contributed by atoms with van der Waals surface area (Å²) in [7, 11) is -2.20. The highest BCUT2D eigenvalue weighted by Crippen LogP contribution is 2.20. The first-order chi connectivity index (χ1) is 12.9. The van der Waals surface area contributed by atoms with Gasteiger partial charge in [-0.3, -0.25) is 9.52 Å². The number of nitrogens with zero attached hydrogens (tertiary/aromatic N) is 1. The van der Waals surface area contributed by atoms with Crippen molar-refractivity contribution < 1.29 is 17.9 Å². The van der Waals surface area contributed by atoms with E-state index in [2.05, 4.69) is 4.72 Å². The van der Waals surface area contributed by atoms with Crippen LogP contribution in [0.5, 0.6) is 5.75 Å². The molecule has 2 aromatic carbocycles. The molecule has 9 heteroatoms. The van der Waals surface area contributed by atoms with Gasteiger partial charge in [-0.2, -0.15) is 0 Å². The summed E-state index contributed by atoms with van der Waals surface area (Å²) in [5, 5.41) is 0. The van der Waals surface area contributed by atoms with E-state index in [1.807, 2.05) is 0 Å². The second-order valence-electron chi connectivity index (χ2n) is 6.49. The normalized spacial score (nSPS) is 14.9. The Bertz CT molecular complexity index is 894. The van der Waals surface area contributed by atoms with Crippen molar-refractivity contribution in [1.82, 2.24) is 4.90 Å². The van der Waals surface area contributed by atoms with Gasteiger partial charge in [-0.1, -0.05) is 0 Å². The van der Waals surface area contributed by atoms with Crippen LogP contribution in [0.4, 0.5) is 5.69 Å². The van der Waals surface area contributed by atoms with Crippen LogP contribution in [0.3, 0.4) is 0 Å².